The van der Waals surface area contributed by atoms with E-state index in [1.54, 1.807) is 11.8 Å². The molecule has 2 aliphatic rings. The fraction of sp³-hybridized carbons (Fsp3) is 0.462. The average molecular weight is 298 g/mol. The lowest BCUT2D eigenvalue weighted by molar-refractivity contribution is -0.119. The molecule has 2 heterocycles. The number of amides is 1. The summed E-state index contributed by atoms with van der Waals surface area (Å²) in [6.45, 7) is 2.14. The quantitative estimate of drug-likeness (QED) is 0.738. The van der Waals surface area contributed by atoms with Crippen molar-refractivity contribution in [2.45, 2.75) is 24.4 Å². The molecule has 3 N–H and O–H groups in total. The van der Waals surface area contributed by atoms with E-state index < -0.39 is 0 Å². The number of thioether (sulfide) groups is 1. The Kier molecular flexibility index (Phi) is 3.71. The van der Waals surface area contributed by atoms with Crippen LogP contribution in [0, 0.1) is 5.92 Å². The van der Waals surface area contributed by atoms with Gasteiger partial charge in [0.15, 0.2) is 0 Å². The van der Waals surface area contributed by atoms with Crippen LogP contribution < -0.4 is 16.2 Å². The highest BCUT2D eigenvalue weighted by molar-refractivity contribution is 8.00. The third kappa shape index (κ3) is 2.60. The number of carbonyl (C=O) groups is 1. The molecule has 6 heteroatoms. The summed E-state index contributed by atoms with van der Waals surface area (Å²) in [5.41, 5.74) is 7.61. The summed E-state index contributed by atoms with van der Waals surface area (Å²) in [6.07, 6.45) is -0.0156. The molecule has 19 heavy (non-hydrogen) atoms. The van der Waals surface area contributed by atoms with Crippen molar-refractivity contribution in [3.05, 3.63) is 34.9 Å². The summed E-state index contributed by atoms with van der Waals surface area (Å²) in [5.74, 6) is 0.895. The first kappa shape index (κ1) is 13.2. The van der Waals surface area contributed by atoms with Crippen LogP contribution in [-0.2, 0) is 4.79 Å². The predicted molar refractivity (Wildman–Crippen MR) is 77.8 cm³/mol. The first-order valence-electron chi connectivity index (χ1n) is 6.32. The molecule has 4 atom stereocenters. The van der Waals surface area contributed by atoms with Gasteiger partial charge in [-0.15, -0.1) is 11.8 Å². The van der Waals surface area contributed by atoms with E-state index in [1.807, 2.05) is 12.1 Å². The minimum absolute atomic E-state index is 0.0156. The Hall–Kier alpha value is -0.750. The SMILES string of the molecule is CC1NNC2NC(=O)CSC(c3ccc(Cl)cc3)C12. The molecule has 1 aromatic rings. The van der Waals surface area contributed by atoms with Gasteiger partial charge in [0.25, 0.3) is 0 Å². The standard InChI is InChI=1S/C13H16ClN3OS/c1-7-11-12(8-2-4-9(14)5-3-8)19-6-10(18)15-13(11)17-16-7/h2-5,7,11-13,16-17H,6H2,1H3,(H,15,18). The van der Waals surface area contributed by atoms with E-state index >= 15 is 0 Å². The number of halogens is 1. The van der Waals surface area contributed by atoms with Crippen LogP contribution in [0.5, 0.6) is 0 Å². The second-order valence-corrected chi connectivity index (χ2v) is 6.55. The van der Waals surface area contributed by atoms with Crippen molar-refractivity contribution in [1.82, 2.24) is 16.2 Å². The van der Waals surface area contributed by atoms with Gasteiger partial charge < -0.3 is 5.32 Å². The number of hydrogen-bond donors (Lipinski definition) is 3. The molecule has 0 spiro atoms. The normalized spacial score (nSPS) is 34.5. The van der Waals surface area contributed by atoms with Gasteiger partial charge in [-0.2, -0.15) is 0 Å². The van der Waals surface area contributed by atoms with Crippen molar-refractivity contribution in [2.24, 2.45) is 5.92 Å². The minimum Gasteiger partial charge on any atom is -0.338 e. The molecule has 0 aliphatic carbocycles. The van der Waals surface area contributed by atoms with Crippen LogP contribution in [-0.4, -0.2) is 23.9 Å². The van der Waals surface area contributed by atoms with E-state index in [1.165, 1.54) is 5.56 Å². The van der Waals surface area contributed by atoms with Crippen LogP contribution in [0.3, 0.4) is 0 Å². The largest absolute Gasteiger partial charge is 0.338 e. The van der Waals surface area contributed by atoms with Crippen molar-refractivity contribution in [3.8, 4) is 0 Å². The number of fused-ring (bicyclic) bond motifs is 1. The van der Waals surface area contributed by atoms with Crippen LogP contribution in [0.2, 0.25) is 5.02 Å². The van der Waals surface area contributed by atoms with Gasteiger partial charge in [0, 0.05) is 22.2 Å². The van der Waals surface area contributed by atoms with Gasteiger partial charge in [0.05, 0.1) is 11.9 Å². The van der Waals surface area contributed by atoms with E-state index in [0.29, 0.717) is 17.7 Å². The molecule has 2 fully saturated rings. The fourth-order valence-corrected chi connectivity index (χ4v) is 4.24. The predicted octanol–water partition coefficient (Wildman–Crippen LogP) is 1.68. The van der Waals surface area contributed by atoms with Crippen LogP contribution >= 0.6 is 23.4 Å². The summed E-state index contributed by atoms with van der Waals surface area (Å²) in [7, 11) is 0. The summed E-state index contributed by atoms with van der Waals surface area (Å²) >= 11 is 7.64. The highest BCUT2D eigenvalue weighted by Crippen LogP contribution is 2.42. The van der Waals surface area contributed by atoms with Gasteiger partial charge in [-0.05, 0) is 24.6 Å². The van der Waals surface area contributed by atoms with Crippen molar-refractivity contribution < 1.29 is 4.79 Å². The van der Waals surface area contributed by atoms with Crippen LogP contribution in [0.1, 0.15) is 17.7 Å². The zero-order chi connectivity index (χ0) is 13.4. The Balaban J connectivity index is 1.93. The molecule has 2 aliphatic heterocycles. The molecular weight excluding hydrogens is 282 g/mol. The number of carbonyl (C=O) groups excluding carboxylic acids is 1. The molecule has 0 bridgehead atoms. The Morgan fingerprint density at radius 1 is 1.26 bits per heavy atom. The minimum atomic E-state index is -0.0156. The van der Waals surface area contributed by atoms with E-state index in [2.05, 4.69) is 35.2 Å². The number of benzene rings is 1. The molecule has 1 amide bonds. The highest BCUT2D eigenvalue weighted by atomic mass is 35.5. The van der Waals surface area contributed by atoms with Crippen molar-refractivity contribution in [3.63, 3.8) is 0 Å². The number of rotatable bonds is 1. The third-order valence-corrected chi connectivity index (χ3v) is 5.31. The van der Waals surface area contributed by atoms with Crippen LogP contribution in [0.4, 0.5) is 0 Å². The molecule has 4 unspecified atom stereocenters. The second kappa shape index (κ2) is 5.32. The average Bonchev–Trinajstić information content (AvgIpc) is 2.65. The first-order chi connectivity index (χ1) is 9.15. The van der Waals surface area contributed by atoms with Gasteiger partial charge in [-0.25, -0.2) is 5.43 Å². The summed E-state index contributed by atoms with van der Waals surface area (Å²) < 4.78 is 0. The van der Waals surface area contributed by atoms with Crippen molar-refractivity contribution in [1.29, 1.82) is 0 Å². The van der Waals surface area contributed by atoms with Crippen LogP contribution in [0.15, 0.2) is 24.3 Å². The van der Waals surface area contributed by atoms with E-state index in [9.17, 15) is 4.79 Å². The maximum absolute atomic E-state index is 11.7. The lowest BCUT2D eigenvalue weighted by Crippen LogP contribution is -2.46. The van der Waals surface area contributed by atoms with Gasteiger partial charge in [-0.1, -0.05) is 23.7 Å². The first-order valence-corrected chi connectivity index (χ1v) is 7.75. The van der Waals surface area contributed by atoms with Gasteiger partial charge in [0.1, 0.15) is 0 Å². The summed E-state index contributed by atoms with van der Waals surface area (Å²) in [5, 5.41) is 4.04. The van der Waals surface area contributed by atoms with Crippen molar-refractivity contribution >= 4 is 29.3 Å². The lowest BCUT2D eigenvalue weighted by Gasteiger charge is -2.27. The smallest absolute Gasteiger partial charge is 0.231 e. The van der Waals surface area contributed by atoms with Crippen LogP contribution in [0.25, 0.3) is 0 Å². The molecule has 1 aromatic carbocycles. The zero-order valence-electron chi connectivity index (χ0n) is 10.5. The second-order valence-electron chi connectivity index (χ2n) is 4.98. The highest BCUT2D eigenvalue weighted by Gasteiger charge is 2.42. The van der Waals surface area contributed by atoms with Gasteiger partial charge in [0.2, 0.25) is 5.91 Å². The molecule has 2 saturated heterocycles. The van der Waals surface area contributed by atoms with Gasteiger partial charge in [-0.3, -0.25) is 10.2 Å². The zero-order valence-corrected chi connectivity index (χ0v) is 12.1. The number of hydrogen-bond acceptors (Lipinski definition) is 4. The van der Waals surface area contributed by atoms with Gasteiger partial charge >= 0.3 is 0 Å². The third-order valence-electron chi connectivity index (χ3n) is 3.69. The molecule has 0 radical (unpaired) electrons. The Morgan fingerprint density at radius 3 is 2.74 bits per heavy atom. The molecule has 102 valence electrons. The Bertz CT molecular complexity index is 481. The summed E-state index contributed by atoms with van der Waals surface area (Å²) in [6, 6.07) is 8.23. The lowest BCUT2D eigenvalue weighted by atomic mass is 9.91. The Morgan fingerprint density at radius 2 is 2.00 bits per heavy atom. The molecular formula is C13H16ClN3OS. The van der Waals surface area contributed by atoms with E-state index in [4.69, 9.17) is 11.6 Å². The van der Waals surface area contributed by atoms with E-state index in [0.717, 1.165) is 5.02 Å². The van der Waals surface area contributed by atoms with Crippen molar-refractivity contribution in [2.75, 3.05) is 5.75 Å². The fourth-order valence-electron chi connectivity index (χ4n) is 2.73. The maximum atomic E-state index is 11.7. The van der Waals surface area contributed by atoms with E-state index in [-0.39, 0.29) is 17.3 Å². The summed E-state index contributed by atoms with van der Waals surface area (Å²) in [4.78, 5) is 11.7. The molecule has 0 aromatic heterocycles. The number of hydrazine groups is 1. The molecule has 0 saturated carbocycles. The Labute approximate surface area is 121 Å². The monoisotopic (exact) mass is 297 g/mol. The topological polar surface area (TPSA) is 53.2 Å². The maximum Gasteiger partial charge on any atom is 0.231 e. The molecule has 4 nitrogen and oxygen atoms in total. The molecule has 3 rings (SSSR count). The number of nitrogens with one attached hydrogen (secondary N) is 3.